The largest absolute Gasteiger partial charge is 0.450 e. The molecule has 0 radical (unpaired) electrons. The van der Waals surface area contributed by atoms with Crippen LogP contribution in [0.4, 0.5) is 18.9 Å². The van der Waals surface area contributed by atoms with Gasteiger partial charge in [0.05, 0.1) is 10.5 Å². The van der Waals surface area contributed by atoms with Gasteiger partial charge in [-0.2, -0.15) is 28.6 Å². The summed E-state index contributed by atoms with van der Waals surface area (Å²) in [6, 6.07) is 7.48. The van der Waals surface area contributed by atoms with Crippen molar-refractivity contribution in [3.8, 4) is 22.8 Å². The second-order valence-electron chi connectivity index (χ2n) is 5.45. The number of ether oxygens (including phenoxy) is 1. The Morgan fingerprint density at radius 3 is 2.57 bits per heavy atom. The van der Waals surface area contributed by atoms with Crippen LogP contribution in [0.15, 0.2) is 42.5 Å². The lowest BCUT2D eigenvalue weighted by Crippen LogP contribution is -2.12. The molecule has 2 aromatic carbocycles. The average Bonchev–Trinajstić information content (AvgIpc) is 3.11. The number of hydrogen-bond acceptors (Lipinski definition) is 6. The molecular weight excluding hydrogens is 383 g/mol. The first-order chi connectivity index (χ1) is 13.2. The van der Waals surface area contributed by atoms with Gasteiger partial charge in [0.15, 0.2) is 5.69 Å². The van der Waals surface area contributed by atoms with Gasteiger partial charge >= 0.3 is 11.9 Å². The van der Waals surface area contributed by atoms with E-state index >= 15 is 0 Å². The first kappa shape index (κ1) is 18.8. The fraction of sp³-hybridized carbons (Fsp3) is 0.0625. The summed E-state index contributed by atoms with van der Waals surface area (Å²) >= 11 is 0. The minimum absolute atomic E-state index is 0.0128. The molecule has 0 saturated carbocycles. The van der Waals surface area contributed by atoms with Crippen LogP contribution in [-0.2, 0) is 6.18 Å². The number of H-pyrrole nitrogens is 1. The molecule has 12 heteroatoms. The maximum absolute atomic E-state index is 12.8. The van der Waals surface area contributed by atoms with Gasteiger partial charge in [-0.05, 0) is 30.3 Å². The van der Waals surface area contributed by atoms with Crippen LogP contribution in [0.3, 0.4) is 0 Å². The molecule has 144 valence electrons. The first-order valence-corrected chi connectivity index (χ1v) is 7.51. The molecule has 0 unspecified atom stereocenters. The maximum atomic E-state index is 12.8. The van der Waals surface area contributed by atoms with Crippen molar-refractivity contribution in [3.05, 3.63) is 63.8 Å². The van der Waals surface area contributed by atoms with Crippen molar-refractivity contribution in [2.24, 2.45) is 5.73 Å². The molecule has 0 bridgehead atoms. The van der Waals surface area contributed by atoms with Crippen molar-refractivity contribution in [2.45, 2.75) is 6.18 Å². The standard InChI is InChI=1S/C16H10F3N5O4/c17-16(18,19)9-2-1-3-10(7-9)28-12-5-4-8(6-11(12)24(26)27)13-14(15(20)25)22-23-21-13/h1-7H,(H2,20,25)(H,21,22,23). The average molecular weight is 393 g/mol. The van der Waals surface area contributed by atoms with Gasteiger partial charge in [0.25, 0.3) is 5.91 Å². The van der Waals surface area contributed by atoms with E-state index in [0.29, 0.717) is 0 Å². The number of nitro groups is 1. The summed E-state index contributed by atoms with van der Waals surface area (Å²) < 4.78 is 43.7. The van der Waals surface area contributed by atoms with Crippen LogP contribution in [0.2, 0.25) is 0 Å². The molecule has 0 aliphatic carbocycles. The van der Waals surface area contributed by atoms with Gasteiger partial charge in [0.1, 0.15) is 11.4 Å². The van der Waals surface area contributed by atoms with Gasteiger partial charge in [-0.1, -0.05) is 6.07 Å². The number of rotatable bonds is 5. The van der Waals surface area contributed by atoms with Crippen LogP contribution < -0.4 is 10.5 Å². The van der Waals surface area contributed by atoms with Crippen LogP contribution >= 0.6 is 0 Å². The molecule has 0 aliphatic rings. The predicted octanol–water partition coefficient (Wildman–Crippen LogP) is 3.29. The zero-order valence-corrected chi connectivity index (χ0v) is 13.7. The first-order valence-electron chi connectivity index (χ1n) is 7.51. The number of nitrogens with one attached hydrogen (secondary N) is 1. The molecule has 9 nitrogen and oxygen atoms in total. The SMILES string of the molecule is NC(=O)c1n[nH]nc1-c1ccc(Oc2cccc(C(F)(F)F)c2)c([N+](=O)[O-])c1. The molecule has 3 aromatic rings. The normalized spacial score (nSPS) is 11.2. The predicted molar refractivity (Wildman–Crippen MR) is 88.5 cm³/mol. The Morgan fingerprint density at radius 2 is 1.93 bits per heavy atom. The number of primary amides is 1. The number of benzene rings is 2. The number of aromatic nitrogens is 3. The Balaban J connectivity index is 2.00. The lowest BCUT2D eigenvalue weighted by atomic mass is 10.1. The fourth-order valence-electron chi connectivity index (χ4n) is 2.36. The van der Waals surface area contributed by atoms with Gasteiger partial charge in [0, 0.05) is 11.6 Å². The second kappa shape index (κ2) is 6.98. The number of hydrogen-bond donors (Lipinski definition) is 2. The maximum Gasteiger partial charge on any atom is 0.416 e. The van der Waals surface area contributed by atoms with Crippen molar-refractivity contribution in [1.82, 2.24) is 15.4 Å². The summed E-state index contributed by atoms with van der Waals surface area (Å²) in [5, 5.41) is 20.9. The monoisotopic (exact) mass is 393 g/mol. The minimum Gasteiger partial charge on any atom is -0.450 e. The topological polar surface area (TPSA) is 137 Å². The Labute approximate surface area is 154 Å². The van der Waals surface area contributed by atoms with E-state index in [1.54, 1.807) is 0 Å². The van der Waals surface area contributed by atoms with E-state index in [4.69, 9.17) is 10.5 Å². The van der Waals surface area contributed by atoms with Gasteiger partial charge in [-0.15, -0.1) is 0 Å². The van der Waals surface area contributed by atoms with E-state index < -0.39 is 28.3 Å². The number of amides is 1. The van der Waals surface area contributed by atoms with Gasteiger partial charge in [0.2, 0.25) is 5.75 Å². The Kier molecular flexibility index (Phi) is 4.69. The van der Waals surface area contributed by atoms with Crippen molar-refractivity contribution < 1.29 is 27.6 Å². The van der Waals surface area contributed by atoms with Gasteiger partial charge in [-0.3, -0.25) is 14.9 Å². The third kappa shape index (κ3) is 3.75. The van der Waals surface area contributed by atoms with E-state index in [-0.39, 0.29) is 28.5 Å². The number of alkyl halides is 3. The van der Waals surface area contributed by atoms with Crippen LogP contribution in [0.1, 0.15) is 16.1 Å². The minimum atomic E-state index is -4.59. The lowest BCUT2D eigenvalue weighted by molar-refractivity contribution is -0.385. The smallest absolute Gasteiger partial charge is 0.416 e. The molecule has 1 aromatic heterocycles. The van der Waals surface area contributed by atoms with Crippen LogP contribution in [-0.4, -0.2) is 26.2 Å². The number of aromatic amines is 1. The summed E-state index contributed by atoms with van der Waals surface area (Å²) in [5.74, 6) is -1.42. The molecule has 1 heterocycles. The summed E-state index contributed by atoms with van der Waals surface area (Å²) in [5.41, 5.74) is 3.57. The highest BCUT2D eigenvalue weighted by Crippen LogP contribution is 2.37. The molecule has 0 fully saturated rings. The summed E-state index contributed by atoms with van der Waals surface area (Å²) in [6.07, 6.45) is -4.59. The molecule has 0 aliphatic heterocycles. The second-order valence-corrected chi connectivity index (χ2v) is 5.45. The number of carbonyl (C=O) groups is 1. The van der Waals surface area contributed by atoms with E-state index in [0.717, 1.165) is 24.3 Å². The molecule has 0 atom stereocenters. The summed E-state index contributed by atoms with van der Waals surface area (Å²) in [4.78, 5) is 22.0. The highest BCUT2D eigenvalue weighted by atomic mass is 19.4. The van der Waals surface area contributed by atoms with Crippen molar-refractivity contribution >= 4 is 11.6 Å². The fourth-order valence-corrected chi connectivity index (χ4v) is 2.36. The highest BCUT2D eigenvalue weighted by molar-refractivity contribution is 5.96. The van der Waals surface area contributed by atoms with E-state index in [9.17, 15) is 28.1 Å². The quantitative estimate of drug-likeness (QED) is 0.504. The number of nitrogens with zero attached hydrogens (tertiary/aromatic N) is 3. The molecule has 0 saturated heterocycles. The molecule has 0 spiro atoms. The summed E-state index contributed by atoms with van der Waals surface area (Å²) in [7, 11) is 0. The molecule has 3 N–H and O–H groups in total. The van der Waals surface area contributed by atoms with Crippen molar-refractivity contribution in [3.63, 3.8) is 0 Å². The zero-order valence-electron chi connectivity index (χ0n) is 13.7. The third-order valence-corrected chi connectivity index (χ3v) is 3.60. The van der Waals surface area contributed by atoms with Gasteiger partial charge in [-0.25, -0.2) is 0 Å². The summed E-state index contributed by atoms with van der Waals surface area (Å²) in [6.45, 7) is 0. The molecule has 28 heavy (non-hydrogen) atoms. The van der Waals surface area contributed by atoms with Crippen molar-refractivity contribution in [2.75, 3.05) is 0 Å². The number of halogens is 3. The Hall–Kier alpha value is -3.96. The van der Waals surface area contributed by atoms with E-state index in [2.05, 4.69) is 15.4 Å². The highest BCUT2D eigenvalue weighted by Gasteiger charge is 2.31. The van der Waals surface area contributed by atoms with E-state index in [1.165, 1.54) is 18.2 Å². The Bertz CT molecular complexity index is 1060. The molecule has 3 rings (SSSR count). The van der Waals surface area contributed by atoms with E-state index in [1.807, 2.05) is 0 Å². The van der Waals surface area contributed by atoms with Crippen LogP contribution in [0, 0.1) is 10.1 Å². The number of nitrogens with two attached hydrogens (primary N) is 1. The zero-order chi connectivity index (χ0) is 20.5. The third-order valence-electron chi connectivity index (χ3n) is 3.60. The number of nitro benzene ring substituents is 1. The number of carbonyl (C=O) groups excluding carboxylic acids is 1. The van der Waals surface area contributed by atoms with Crippen molar-refractivity contribution in [1.29, 1.82) is 0 Å². The van der Waals surface area contributed by atoms with Crippen LogP contribution in [0.5, 0.6) is 11.5 Å². The Morgan fingerprint density at radius 1 is 1.18 bits per heavy atom. The molecular formula is C16H10F3N5O4. The lowest BCUT2D eigenvalue weighted by Gasteiger charge is -2.10. The van der Waals surface area contributed by atoms with Gasteiger partial charge < -0.3 is 10.5 Å². The van der Waals surface area contributed by atoms with Crippen LogP contribution in [0.25, 0.3) is 11.3 Å². The molecule has 1 amide bonds.